The number of methoxy groups -OCH3 is 1. The van der Waals surface area contributed by atoms with Crippen molar-refractivity contribution in [2.24, 2.45) is 7.05 Å². The molecule has 1 fully saturated rings. The number of nitrogens with zero attached hydrogens (tertiary/aromatic N) is 2. The van der Waals surface area contributed by atoms with Gasteiger partial charge < -0.3 is 15.4 Å². The maximum absolute atomic E-state index is 5.68. The lowest BCUT2D eigenvalue weighted by molar-refractivity contribution is 0.303. The van der Waals surface area contributed by atoms with Gasteiger partial charge in [0.05, 0.1) is 12.8 Å². The molecule has 2 unspecified atom stereocenters. The van der Waals surface area contributed by atoms with Gasteiger partial charge in [-0.15, -0.1) is 0 Å². The molecule has 1 aliphatic rings. The van der Waals surface area contributed by atoms with Crippen LogP contribution in [0.25, 0.3) is 11.1 Å². The van der Waals surface area contributed by atoms with Crippen LogP contribution in [0.1, 0.15) is 41.4 Å². The maximum Gasteiger partial charge on any atom is 0.123 e. The average Bonchev–Trinajstić information content (AvgIpc) is 3.04. The van der Waals surface area contributed by atoms with Gasteiger partial charge in [-0.05, 0) is 56.5 Å². The highest BCUT2D eigenvalue weighted by Crippen LogP contribution is 2.31. The maximum atomic E-state index is 5.68. The first-order valence-corrected chi connectivity index (χ1v) is 10.8. The highest BCUT2D eigenvalue weighted by atomic mass is 16.5. The first-order chi connectivity index (χ1) is 14.6. The minimum Gasteiger partial charge on any atom is -0.496 e. The summed E-state index contributed by atoms with van der Waals surface area (Å²) < 4.78 is 7.63. The Morgan fingerprint density at radius 3 is 2.67 bits per heavy atom. The standard InChI is InChI=1S/C25H32N4O/c1-17-24(18(2)29(3)28-17)20-12-13-23(30-4)21(15-20)16-27-22-11-8-14-26-25(22)19-9-6-5-7-10-19/h5-7,9-10,12-13,15,22,25-27H,8,11,14,16H2,1-4H3. The number of piperidine rings is 1. The number of rotatable bonds is 6. The number of aromatic nitrogens is 2. The molecule has 1 aromatic heterocycles. The van der Waals surface area contributed by atoms with Gasteiger partial charge in [0.2, 0.25) is 0 Å². The first kappa shape index (κ1) is 20.6. The third-order valence-corrected chi connectivity index (χ3v) is 6.25. The van der Waals surface area contributed by atoms with Crippen LogP contribution in [-0.2, 0) is 13.6 Å². The first-order valence-electron chi connectivity index (χ1n) is 10.8. The fourth-order valence-electron chi connectivity index (χ4n) is 4.62. The van der Waals surface area contributed by atoms with E-state index < -0.39 is 0 Å². The van der Waals surface area contributed by atoms with E-state index in [4.69, 9.17) is 4.74 Å². The van der Waals surface area contributed by atoms with E-state index in [9.17, 15) is 0 Å². The van der Waals surface area contributed by atoms with E-state index in [1.165, 1.54) is 34.4 Å². The molecule has 158 valence electrons. The summed E-state index contributed by atoms with van der Waals surface area (Å²) in [6, 6.07) is 17.9. The van der Waals surface area contributed by atoms with Crippen LogP contribution >= 0.6 is 0 Å². The SMILES string of the molecule is COc1ccc(-c2c(C)nn(C)c2C)cc1CNC1CCCNC1c1ccccc1. The molecule has 2 aromatic carbocycles. The summed E-state index contributed by atoms with van der Waals surface area (Å²) in [7, 11) is 3.74. The molecule has 1 saturated heterocycles. The zero-order chi connectivity index (χ0) is 21.1. The number of hydrogen-bond acceptors (Lipinski definition) is 4. The summed E-state index contributed by atoms with van der Waals surface area (Å²) in [5, 5.41) is 12.1. The van der Waals surface area contributed by atoms with Crippen LogP contribution in [0, 0.1) is 13.8 Å². The van der Waals surface area contributed by atoms with E-state index >= 15 is 0 Å². The number of ether oxygens (including phenoxy) is 1. The Kier molecular flexibility index (Phi) is 6.21. The average molecular weight is 405 g/mol. The molecule has 0 spiro atoms. The molecule has 0 aliphatic carbocycles. The number of nitrogens with one attached hydrogen (secondary N) is 2. The highest BCUT2D eigenvalue weighted by molar-refractivity contribution is 5.70. The van der Waals surface area contributed by atoms with Crippen LogP contribution in [0.3, 0.4) is 0 Å². The van der Waals surface area contributed by atoms with E-state index in [-0.39, 0.29) is 0 Å². The Morgan fingerprint density at radius 2 is 1.97 bits per heavy atom. The molecular formula is C25H32N4O. The van der Waals surface area contributed by atoms with Crippen LogP contribution in [0.15, 0.2) is 48.5 Å². The van der Waals surface area contributed by atoms with Crippen LogP contribution in [0.4, 0.5) is 0 Å². The lowest BCUT2D eigenvalue weighted by Crippen LogP contribution is -2.45. The number of benzene rings is 2. The zero-order valence-corrected chi connectivity index (χ0v) is 18.4. The third kappa shape index (κ3) is 4.13. The van der Waals surface area contributed by atoms with Gasteiger partial charge in [-0.3, -0.25) is 4.68 Å². The molecule has 3 aromatic rings. The highest BCUT2D eigenvalue weighted by Gasteiger charge is 2.26. The zero-order valence-electron chi connectivity index (χ0n) is 18.4. The fraction of sp³-hybridized carbons (Fsp3) is 0.400. The van der Waals surface area contributed by atoms with E-state index in [1.807, 2.05) is 11.7 Å². The van der Waals surface area contributed by atoms with Gasteiger partial charge in [-0.2, -0.15) is 5.10 Å². The van der Waals surface area contributed by atoms with Crippen molar-refractivity contribution in [2.75, 3.05) is 13.7 Å². The van der Waals surface area contributed by atoms with Crippen LogP contribution in [0.5, 0.6) is 5.75 Å². The Labute approximate surface area is 179 Å². The van der Waals surface area contributed by atoms with E-state index in [0.29, 0.717) is 12.1 Å². The van der Waals surface area contributed by atoms with Crippen molar-refractivity contribution in [1.29, 1.82) is 0 Å². The van der Waals surface area contributed by atoms with Crippen LogP contribution < -0.4 is 15.4 Å². The summed E-state index contributed by atoms with van der Waals surface area (Å²) in [4.78, 5) is 0. The molecule has 0 bridgehead atoms. The molecule has 30 heavy (non-hydrogen) atoms. The van der Waals surface area contributed by atoms with E-state index in [1.54, 1.807) is 7.11 Å². The summed E-state index contributed by atoms with van der Waals surface area (Å²) in [5.74, 6) is 0.922. The lowest BCUT2D eigenvalue weighted by atomic mass is 9.92. The van der Waals surface area contributed by atoms with Crippen molar-refractivity contribution < 1.29 is 4.74 Å². The summed E-state index contributed by atoms with van der Waals surface area (Å²) in [6.45, 7) is 6.03. The molecule has 0 radical (unpaired) electrons. The van der Waals surface area contributed by atoms with Crippen molar-refractivity contribution in [3.05, 3.63) is 71.0 Å². The second-order valence-electron chi connectivity index (χ2n) is 8.17. The largest absolute Gasteiger partial charge is 0.496 e. The predicted octanol–water partition coefficient (Wildman–Crippen LogP) is 4.30. The van der Waals surface area contributed by atoms with Crippen molar-refractivity contribution >= 4 is 0 Å². The fourth-order valence-corrected chi connectivity index (χ4v) is 4.62. The van der Waals surface area contributed by atoms with Gasteiger partial charge >= 0.3 is 0 Å². The van der Waals surface area contributed by atoms with Gasteiger partial charge in [-0.1, -0.05) is 36.4 Å². The summed E-state index contributed by atoms with van der Waals surface area (Å²) >= 11 is 0. The molecule has 2 N–H and O–H groups in total. The number of hydrogen-bond donors (Lipinski definition) is 2. The Bertz CT molecular complexity index is 996. The van der Waals surface area contributed by atoms with E-state index in [0.717, 1.165) is 31.0 Å². The lowest BCUT2D eigenvalue weighted by Gasteiger charge is -2.34. The molecule has 2 heterocycles. The molecule has 2 atom stereocenters. The second kappa shape index (κ2) is 9.02. The Hall–Kier alpha value is -2.63. The summed E-state index contributed by atoms with van der Waals surface area (Å²) in [6.07, 6.45) is 2.35. The minimum atomic E-state index is 0.330. The third-order valence-electron chi connectivity index (χ3n) is 6.25. The molecule has 5 heteroatoms. The molecular weight excluding hydrogens is 372 g/mol. The van der Waals surface area contributed by atoms with Crippen LogP contribution in [-0.4, -0.2) is 29.5 Å². The van der Waals surface area contributed by atoms with Gasteiger partial charge in [-0.25, -0.2) is 0 Å². The Morgan fingerprint density at radius 1 is 1.17 bits per heavy atom. The minimum absolute atomic E-state index is 0.330. The van der Waals surface area contributed by atoms with Gasteiger partial charge in [0.15, 0.2) is 0 Å². The molecule has 1 aliphatic heterocycles. The van der Waals surface area contributed by atoms with E-state index in [2.05, 4.69) is 78.1 Å². The van der Waals surface area contributed by atoms with Gasteiger partial charge in [0.1, 0.15) is 5.75 Å². The Balaban J connectivity index is 1.57. The van der Waals surface area contributed by atoms with Gasteiger partial charge in [0, 0.05) is 42.5 Å². The van der Waals surface area contributed by atoms with Crippen molar-refractivity contribution in [1.82, 2.24) is 20.4 Å². The smallest absolute Gasteiger partial charge is 0.123 e. The molecule has 0 saturated carbocycles. The summed E-state index contributed by atoms with van der Waals surface area (Å²) in [5.41, 5.74) is 7.16. The monoisotopic (exact) mass is 404 g/mol. The quantitative estimate of drug-likeness (QED) is 0.643. The van der Waals surface area contributed by atoms with Crippen LogP contribution in [0.2, 0.25) is 0 Å². The molecule has 4 rings (SSSR count). The van der Waals surface area contributed by atoms with Crippen molar-refractivity contribution in [2.45, 2.75) is 45.3 Å². The topological polar surface area (TPSA) is 51.1 Å². The van der Waals surface area contributed by atoms with Crippen molar-refractivity contribution in [3.8, 4) is 16.9 Å². The molecule has 0 amide bonds. The predicted molar refractivity (Wildman–Crippen MR) is 122 cm³/mol. The second-order valence-corrected chi connectivity index (χ2v) is 8.17. The van der Waals surface area contributed by atoms with Crippen molar-refractivity contribution in [3.63, 3.8) is 0 Å². The molecule has 5 nitrogen and oxygen atoms in total. The van der Waals surface area contributed by atoms with Gasteiger partial charge in [0.25, 0.3) is 0 Å². The number of aryl methyl sites for hydroxylation is 2. The normalized spacial score (nSPS) is 19.1.